The van der Waals surface area contributed by atoms with Gasteiger partial charge in [0.15, 0.2) is 0 Å². The monoisotopic (exact) mass is 363 g/mol. The first-order valence-electron chi connectivity index (χ1n) is 8.66. The number of carbonyl (C=O) groups excluding carboxylic acids is 1. The number of nitrogens with one attached hydrogen (secondary N) is 2. The number of fused-ring (bicyclic) bond motifs is 1. The van der Waals surface area contributed by atoms with Crippen LogP contribution < -0.4 is 15.5 Å². The first-order chi connectivity index (χ1) is 13.2. The average molecular weight is 363 g/mol. The summed E-state index contributed by atoms with van der Waals surface area (Å²) in [6.07, 6.45) is 1.39. The molecule has 0 radical (unpaired) electrons. The molecule has 3 aromatic carbocycles. The van der Waals surface area contributed by atoms with Gasteiger partial charge in [0.25, 0.3) is 5.91 Å². The Labute approximate surface area is 157 Å². The Kier molecular flexibility index (Phi) is 5.89. The number of rotatable bonds is 7. The van der Waals surface area contributed by atoms with Gasteiger partial charge in [-0.05, 0) is 30.5 Å². The van der Waals surface area contributed by atoms with Gasteiger partial charge in [0, 0.05) is 22.7 Å². The third-order valence-electron chi connectivity index (χ3n) is 3.93. The minimum Gasteiger partial charge on any atom is -0.507 e. The number of hydrazone groups is 1. The van der Waals surface area contributed by atoms with Crippen molar-refractivity contribution >= 4 is 28.6 Å². The summed E-state index contributed by atoms with van der Waals surface area (Å²) in [4.78, 5) is 12.0. The summed E-state index contributed by atoms with van der Waals surface area (Å²) in [5.74, 6) is 0.327. The molecule has 0 saturated heterocycles. The third-order valence-corrected chi connectivity index (χ3v) is 3.93. The summed E-state index contributed by atoms with van der Waals surface area (Å²) in [5.41, 5.74) is 3.81. The molecule has 0 aromatic heterocycles. The van der Waals surface area contributed by atoms with Crippen LogP contribution in [0, 0.1) is 0 Å². The van der Waals surface area contributed by atoms with Crippen molar-refractivity contribution in [3.8, 4) is 11.5 Å². The fourth-order valence-corrected chi connectivity index (χ4v) is 2.66. The van der Waals surface area contributed by atoms with E-state index in [0.29, 0.717) is 17.9 Å². The number of amides is 1. The first kappa shape index (κ1) is 18.3. The van der Waals surface area contributed by atoms with Gasteiger partial charge >= 0.3 is 0 Å². The van der Waals surface area contributed by atoms with Gasteiger partial charge in [-0.3, -0.25) is 4.79 Å². The zero-order chi connectivity index (χ0) is 19.1. The Morgan fingerprint density at radius 2 is 1.96 bits per heavy atom. The summed E-state index contributed by atoms with van der Waals surface area (Å²) in [7, 11) is 0. The number of phenolic OH excluding ortho intramolecular Hbond substituents is 1. The fraction of sp³-hybridized carbons (Fsp3) is 0.143. The number of phenols is 1. The van der Waals surface area contributed by atoms with Crippen LogP contribution in [0.15, 0.2) is 65.8 Å². The van der Waals surface area contributed by atoms with E-state index in [1.807, 2.05) is 49.4 Å². The van der Waals surface area contributed by atoms with Gasteiger partial charge in [0.1, 0.15) is 11.5 Å². The summed E-state index contributed by atoms with van der Waals surface area (Å²) in [6, 6.07) is 18.8. The molecule has 27 heavy (non-hydrogen) atoms. The molecule has 0 heterocycles. The van der Waals surface area contributed by atoms with E-state index in [9.17, 15) is 9.90 Å². The number of aromatic hydroxyl groups is 1. The maximum absolute atomic E-state index is 12.0. The van der Waals surface area contributed by atoms with E-state index in [-0.39, 0.29) is 18.2 Å². The summed E-state index contributed by atoms with van der Waals surface area (Å²) in [6.45, 7) is 2.47. The molecular formula is C21H21N3O3. The lowest BCUT2D eigenvalue weighted by Gasteiger charge is -2.09. The molecule has 0 aliphatic carbocycles. The van der Waals surface area contributed by atoms with Gasteiger partial charge < -0.3 is 15.2 Å². The predicted octanol–water partition coefficient (Wildman–Crippen LogP) is 3.51. The highest BCUT2D eigenvalue weighted by Gasteiger charge is 2.04. The molecule has 1 amide bonds. The predicted molar refractivity (Wildman–Crippen MR) is 107 cm³/mol. The van der Waals surface area contributed by atoms with Crippen LogP contribution in [0.2, 0.25) is 0 Å². The number of carbonyl (C=O) groups is 1. The van der Waals surface area contributed by atoms with Crippen LogP contribution in [0.3, 0.4) is 0 Å². The van der Waals surface area contributed by atoms with Crippen LogP contribution >= 0.6 is 0 Å². The van der Waals surface area contributed by atoms with Crippen LogP contribution in [0.1, 0.15) is 12.5 Å². The molecule has 0 unspecified atom stereocenters. The van der Waals surface area contributed by atoms with Gasteiger partial charge in [-0.2, -0.15) is 5.10 Å². The minimum absolute atomic E-state index is 0.0350. The molecule has 3 aromatic rings. The molecule has 0 aliphatic rings. The number of nitrogens with zero attached hydrogens (tertiary/aromatic N) is 1. The van der Waals surface area contributed by atoms with Crippen LogP contribution in [-0.4, -0.2) is 30.4 Å². The second-order valence-electron chi connectivity index (χ2n) is 5.83. The normalized spacial score (nSPS) is 10.9. The molecule has 6 heteroatoms. The Morgan fingerprint density at radius 1 is 1.15 bits per heavy atom. The van der Waals surface area contributed by atoms with Crippen molar-refractivity contribution in [2.24, 2.45) is 5.10 Å². The number of benzene rings is 3. The number of ether oxygens (including phenoxy) is 1. The van der Waals surface area contributed by atoms with Crippen LogP contribution in [0.25, 0.3) is 10.8 Å². The topological polar surface area (TPSA) is 83.0 Å². The molecule has 0 spiro atoms. The smallest absolute Gasteiger partial charge is 0.259 e. The van der Waals surface area contributed by atoms with Crippen molar-refractivity contribution in [1.82, 2.24) is 5.43 Å². The first-order valence-corrected chi connectivity index (χ1v) is 8.66. The second-order valence-corrected chi connectivity index (χ2v) is 5.83. The lowest BCUT2D eigenvalue weighted by atomic mass is 10.1. The second kappa shape index (κ2) is 8.71. The summed E-state index contributed by atoms with van der Waals surface area (Å²) < 4.78 is 5.31. The highest BCUT2D eigenvalue weighted by molar-refractivity contribution is 5.95. The van der Waals surface area contributed by atoms with Crippen molar-refractivity contribution < 1.29 is 14.6 Å². The quantitative estimate of drug-likeness (QED) is 0.443. The Balaban J connectivity index is 1.56. The molecule has 0 atom stereocenters. The molecule has 3 rings (SSSR count). The van der Waals surface area contributed by atoms with E-state index in [1.165, 1.54) is 12.3 Å². The molecule has 0 aliphatic heterocycles. The van der Waals surface area contributed by atoms with Crippen molar-refractivity contribution in [3.05, 3.63) is 66.2 Å². The van der Waals surface area contributed by atoms with Crippen molar-refractivity contribution in [1.29, 1.82) is 0 Å². The van der Waals surface area contributed by atoms with Gasteiger partial charge in [-0.1, -0.05) is 36.4 Å². The largest absolute Gasteiger partial charge is 0.507 e. The van der Waals surface area contributed by atoms with Gasteiger partial charge in [-0.15, -0.1) is 0 Å². The molecule has 0 saturated carbocycles. The van der Waals surface area contributed by atoms with Crippen LogP contribution in [0.4, 0.5) is 5.69 Å². The number of hydrogen-bond acceptors (Lipinski definition) is 5. The molecule has 138 valence electrons. The highest BCUT2D eigenvalue weighted by Crippen LogP contribution is 2.23. The highest BCUT2D eigenvalue weighted by atomic mass is 16.5. The van der Waals surface area contributed by atoms with E-state index in [1.54, 1.807) is 12.1 Å². The minimum atomic E-state index is -0.287. The molecule has 0 bridgehead atoms. The lowest BCUT2D eigenvalue weighted by molar-refractivity contribution is -0.119. The van der Waals surface area contributed by atoms with E-state index >= 15 is 0 Å². The Morgan fingerprint density at radius 3 is 2.78 bits per heavy atom. The zero-order valence-electron chi connectivity index (χ0n) is 15.0. The molecular weight excluding hydrogens is 342 g/mol. The van der Waals surface area contributed by atoms with Crippen LogP contribution in [0.5, 0.6) is 11.5 Å². The molecule has 6 nitrogen and oxygen atoms in total. The van der Waals surface area contributed by atoms with Gasteiger partial charge in [0.05, 0.1) is 19.4 Å². The third kappa shape index (κ3) is 4.76. The summed E-state index contributed by atoms with van der Waals surface area (Å²) >= 11 is 0. The van der Waals surface area contributed by atoms with Crippen molar-refractivity contribution in [3.63, 3.8) is 0 Å². The van der Waals surface area contributed by atoms with E-state index in [2.05, 4.69) is 15.8 Å². The van der Waals surface area contributed by atoms with Crippen molar-refractivity contribution in [2.45, 2.75) is 6.92 Å². The number of anilines is 1. The zero-order valence-corrected chi connectivity index (χ0v) is 15.0. The van der Waals surface area contributed by atoms with E-state index in [4.69, 9.17) is 4.74 Å². The maximum Gasteiger partial charge on any atom is 0.259 e. The van der Waals surface area contributed by atoms with E-state index < -0.39 is 0 Å². The number of hydrogen-bond donors (Lipinski definition) is 3. The summed E-state index contributed by atoms with van der Waals surface area (Å²) in [5, 5.41) is 19.1. The Bertz CT molecular complexity index is 965. The van der Waals surface area contributed by atoms with Crippen molar-refractivity contribution in [2.75, 3.05) is 18.5 Å². The average Bonchev–Trinajstić information content (AvgIpc) is 2.68. The van der Waals surface area contributed by atoms with E-state index in [0.717, 1.165) is 16.5 Å². The van der Waals surface area contributed by atoms with Crippen LogP contribution in [-0.2, 0) is 4.79 Å². The van der Waals surface area contributed by atoms with Gasteiger partial charge in [-0.25, -0.2) is 5.43 Å². The maximum atomic E-state index is 12.0. The molecule has 3 N–H and O–H groups in total. The SMILES string of the molecule is CCOc1ccc(/C=N\NC(=O)CNc2cccc3ccccc23)c(O)c1. The molecule has 0 fully saturated rings. The van der Waals surface area contributed by atoms with Gasteiger partial charge in [0.2, 0.25) is 0 Å². The standard InChI is InChI=1S/C21H21N3O3/c1-2-27-17-11-10-16(20(25)12-17)13-23-24-21(26)14-22-19-9-5-7-15-6-3-4-8-18(15)19/h3-13,22,25H,2,14H2,1H3,(H,24,26)/b23-13-. The Hall–Kier alpha value is -3.54. The lowest BCUT2D eigenvalue weighted by Crippen LogP contribution is -2.25. The fourth-order valence-electron chi connectivity index (χ4n) is 2.66.